The molecule has 1 fully saturated rings. The van der Waals surface area contributed by atoms with E-state index in [1.807, 2.05) is 35.2 Å². The Balaban J connectivity index is 1.51. The van der Waals surface area contributed by atoms with E-state index in [0.717, 1.165) is 12.1 Å². The van der Waals surface area contributed by atoms with Gasteiger partial charge >= 0.3 is 0 Å². The molecule has 0 radical (unpaired) electrons. The Morgan fingerprint density at radius 3 is 2.52 bits per heavy atom. The second-order valence-electron chi connectivity index (χ2n) is 7.69. The summed E-state index contributed by atoms with van der Waals surface area (Å²) in [6.45, 7) is 0.964. The number of nitrogens with zero attached hydrogens (tertiary/aromatic N) is 1. The molecule has 0 saturated heterocycles. The number of halogens is 1. The van der Waals surface area contributed by atoms with Gasteiger partial charge in [-0.25, -0.2) is 4.39 Å². The van der Waals surface area contributed by atoms with Gasteiger partial charge in [-0.1, -0.05) is 49.9 Å². The molecule has 0 heterocycles. The van der Waals surface area contributed by atoms with Crippen molar-refractivity contribution >= 4 is 17.5 Å². The van der Waals surface area contributed by atoms with Gasteiger partial charge in [-0.15, -0.1) is 0 Å². The lowest BCUT2D eigenvalue weighted by molar-refractivity contribution is -0.118. The van der Waals surface area contributed by atoms with Crippen LogP contribution in [0.2, 0.25) is 0 Å². The monoisotopic (exact) mass is 396 g/mol. The molecular weight excluding hydrogens is 367 g/mol. The summed E-state index contributed by atoms with van der Waals surface area (Å²) in [5.74, 6) is 0.0887. The second-order valence-corrected chi connectivity index (χ2v) is 7.69. The van der Waals surface area contributed by atoms with Crippen molar-refractivity contribution < 1.29 is 14.0 Å². The van der Waals surface area contributed by atoms with E-state index in [1.54, 1.807) is 6.07 Å². The van der Waals surface area contributed by atoms with E-state index >= 15 is 0 Å². The standard InChI is InChI=1S/C24H29FN2O2/c25-21-11-6-10-20(18-21)24(29)26-16-7-17-27(22-12-2-1-3-13-22)23(28)15-14-19-8-4-5-9-19/h1-3,6,10-13,18-19H,4-5,7-9,14-17H2,(H,26,29). The van der Waals surface area contributed by atoms with Crippen LogP contribution in [-0.4, -0.2) is 24.9 Å². The summed E-state index contributed by atoms with van der Waals surface area (Å²) in [6.07, 6.45) is 7.20. The fraction of sp³-hybridized carbons (Fsp3) is 0.417. The SMILES string of the molecule is O=C(NCCCN(C(=O)CCC1CCCC1)c1ccccc1)c1cccc(F)c1. The molecule has 4 nitrogen and oxygen atoms in total. The minimum absolute atomic E-state index is 0.138. The average Bonchev–Trinajstić information content (AvgIpc) is 3.26. The number of carbonyl (C=O) groups is 2. The molecule has 0 spiro atoms. The third-order valence-corrected chi connectivity index (χ3v) is 5.54. The van der Waals surface area contributed by atoms with Crippen LogP contribution in [0.1, 0.15) is 55.3 Å². The van der Waals surface area contributed by atoms with Crippen molar-refractivity contribution in [2.45, 2.75) is 44.9 Å². The normalized spacial score (nSPS) is 14.0. The van der Waals surface area contributed by atoms with Gasteiger partial charge in [0.15, 0.2) is 0 Å². The average molecular weight is 397 g/mol. The van der Waals surface area contributed by atoms with Gasteiger partial charge in [0.2, 0.25) is 5.91 Å². The van der Waals surface area contributed by atoms with Crippen molar-refractivity contribution in [3.05, 3.63) is 66.0 Å². The molecule has 29 heavy (non-hydrogen) atoms. The minimum atomic E-state index is -0.430. The van der Waals surface area contributed by atoms with E-state index in [-0.39, 0.29) is 11.8 Å². The van der Waals surface area contributed by atoms with E-state index < -0.39 is 5.82 Å². The number of rotatable bonds is 9. The van der Waals surface area contributed by atoms with Crippen LogP contribution in [0.15, 0.2) is 54.6 Å². The smallest absolute Gasteiger partial charge is 0.251 e. The Hall–Kier alpha value is -2.69. The fourth-order valence-corrected chi connectivity index (χ4v) is 3.94. The van der Waals surface area contributed by atoms with Crippen molar-refractivity contribution in [2.24, 2.45) is 5.92 Å². The van der Waals surface area contributed by atoms with Crippen molar-refractivity contribution in [1.82, 2.24) is 5.32 Å². The Labute approximate surface area is 172 Å². The first kappa shape index (κ1) is 21.0. The predicted molar refractivity (Wildman–Crippen MR) is 113 cm³/mol. The Morgan fingerprint density at radius 1 is 1.03 bits per heavy atom. The summed E-state index contributed by atoms with van der Waals surface area (Å²) in [4.78, 5) is 26.8. The molecule has 1 saturated carbocycles. The second kappa shape index (κ2) is 10.7. The molecule has 0 aliphatic heterocycles. The van der Waals surface area contributed by atoms with Gasteiger partial charge in [0.05, 0.1) is 0 Å². The first-order chi connectivity index (χ1) is 14.1. The maximum absolute atomic E-state index is 13.3. The van der Waals surface area contributed by atoms with Crippen molar-refractivity contribution in [2.75, 3.05) is 18.0 Å². The van der Waals surface area contributed by atoms with E-state index in [2.05, 4.69) is 5.32 Å². The van der Waals surface area contributed by atoms with Crippen LogP contribution in [-0.2, 0) is 4.79 Å². The zero-order valence-corrected chi connectivity index (χ0v) is 16.8. The molecule has 0 aromatic heterocycles. The number of hydrogen-bond acceptors (Lipinski definition) is 2. The summed E-state index contributed by atoms with van der Waals surface area (Å²) in [6, 6.07) is 15.3. The van der Waals surface area contributed by atoms with Gasteiger partial charge < -0.3 is 10.2 Å². The molecule has 154 valence electrons. The van der Waals surface area contributed by atoms with Crippen LogP contribution >= 0.6 is 0 Å². The number of para-hydroxylation sites is 1. The molecule has 0 unspecified atom stereocenters. The van der Waals surface area contributed by atoms with Crippen LogP contribution in [0.3, 0.4) is 0 Å². The third-order valence-electron chi connectivity index (χ3n) is 5.54. The van der Waals surface area contributed by atoms with Crippen molar-refractivity contribution in [1.29, 1.82) is 0 Å². The lowest BCUT2D eigenvalue weighted by atomic mass is 10.0. The van der Waals surface area contributed by atoms with Crippen molar-refractivity contribution in [3.8, 4) is 0 Å². The van der Waals surface area contributed by atoms with Gasteiger partial charge in [-0.2, -0.15) is 0 Å². The zero-order valence-electron chi connectivity index (χ0n) is 16.8. The van der Waals surface area contributed by atoms with E-state index in [4.69, 9.17) is 0 Å². The van der Waals surface area contributed by atoms with Gasteiger partial charge in [-0.3, -0.25) is 9.59 Å². The lowest BCUT2D eigenvalue weighted by Gasteiger charge is -2.24. The van der Waals surface area contributed by atoms with Gasteiger partial charge in [0.1, 0.15) is 5.82 Å². The highest BCUT2D eigenvalue weighted by atomic mass is 19.1. The Morgan fingerprint density at radius 2 is 1.79 bits per heavy atom. The highest BCUT2D eigenvalue weighted by molar-refractivity contribution is 5.94. The molecule has 2 amide bonds. The maximum atomic E-state index is 13.3. The molecular formula is C24H29FN2O2. The summed E-state index contributed by atoms with van der Waals surface area (Å²) in [5.41, 5.74) is 1.19. The van der Waals surface area contributed by atoms with E-state index in [1.165, 1.54) is 43.9 Å². The van der Waals surface area contributed by atoms with Crippen LogP contribution in [0.25, 0.3) is 0 Å². The van der Waals surface area contributed by atoms with Gasteiger partial charge in [-0.05, 0) is 49.1 Å². The number of amides is 2. The highest BCUT2D eigenvalue weighted by Gasteiger charge is 2.20. The number of carbonyl (C=O) groups excluding carboxylic acids is 2. The lowest BCUT2D eigenvalue weighted by Crippen LogP contribution is -2.34. The largest absolute Gasteiger partial charge is 0.352 e. The van der Waals surface area contributed by atoms with E-state index in [9.17, 15) is 14.0 Å². The predicted octanol–water partition coefficient (Wildman–Crippen LogP) is 4.95. The Bertz CT molecular complexity index is 804. The number of nitrogens with one attached hydrogen (secondary N) is 1. The molecule has 3 rings (SSSR count). The zero-order chi connectivity index (χ0) is 20.5. The number of benzene rings is 2. The van der Waals surface area contributed by atoms with Crippen LogP contribution in [0.4, 0.5) is 10.1 Å². The van der Waals surface area contributed by atoms with Gasteiger partial charge in [0.25, 0.3) is 5.91 Å². The summed E-state index contributed by atoms with van der Waals surface area (Å²) < 4.78 is 13.3. The summed E-state index contributed by atoms with van der Waals surface area (Å²) in [7, 11) is 0. The van der Waals surface area contributed by atoms with Crippen LogP contribution in [0.5, 0.6) is 0 Å². The molecule has 2 aromatic rings. The fourth-order valence-electron chi connectivity index (χ4n) is 3.94. The number of anilines is 1. The molecule has 5 heteroatoms. The summed E-state index contributed by atoms with van der Waals surface area (Å²) in [5, 5.41) is 2.81. The summed E-state index contributed by atoms with van der Waals surface area (Å²) >= 11 is 0. The van der Waals surface area contributed by atoms with Crippen molar-refractivity contribution in [3.63, 3.8) is 0 Å². The quantitative estimate of drug-likeness (QED) is 0.610. The Kier molecular flexibility index (Phi) is 7.79. The third kappa shape index (κ3) is 6.41. The molecule has 0 atom stereocenters. The first-order valence-corrected chi connectivity index (χ1v) is 10.5. The molecule has 1 N–H and O–H groups in total. The molecule has 1 aliphatic rings. The van der Waals surface area contributed by atoms with Crippen LogP contribution < -0.4 is 10.2 Å². The number of hydrogen-bond donors (Lipinski definition) is 1. The molecule has 0 bridgehead atoms. The topological polar surface area (TPSA) is 49.4 Å². The minimum Gasteiger partial charge on any atom is -0.352 e. The first-order valence-electron chi connectivity index (χ1n) is 10.5. The van der Waals surface area contributed by atoms with E-state index in [0.29, 0.717) is 37.4 Å². The molecule has 2 aromatic carbocycles. The van der Waals surface area contributed by atoms with Crippen LogP contribution in [0, 0.1) is 11.7 Å². The highest BCUT2D eigenvalue weighted by Crippen LogP contribution is 2.29. The maximum Gasteiger partial charge on any atom is 0.251 e. The van der Waals surface area contributed by atoms with Gasteiger partial charge in [0, 0.05) is 30.8 Å². The molecule has 1 aliphatic carbocycles.